The first-order valence-corrected chi connectivity index (χ1v) is 4.01. The van der Waals surface area contributed by atoms with E-state index in [4.69, 9.17) is 0 Å². The average Bonchev–Trinajstić information content (AvgIpc) is 1.64. The lowest BCUT2D eigenvalue weighted by Crippen LogP contribution is -2.04. The molecule has 0 aliphatic heterocycles. The molecule has 9 heavy (non-hydrogen) atoms. The standard InChI is InChI=1S/CH4N2O4S2/c2-3-1(8(4)5)9(6)7/h8-9H,2H2. The molecule has 0 saturated carbocycles. The number of nitrogens with two attached hydrogens (primary N) is 1. The van der Waals surface area contributed by atoms with Crippen molar-refractivity contribution in [2.24, 2.45) is 10.9 Å². The van der Waals surface area contributed by atoms with Gasteiger partial charge in [0.2, 0.25) is 0 Å². The number of hydrazone groups is 1. The lowest BCUT2D eigenvalue weighted by Gasteiger charge is -1.78. The molecule has 0 aromatic rings. The molecule has 0 bridgehead atoms. The van der Waals surface area contributed by atoms with Gasteiger partial charge in [-0.1, -0.05) is 0 Å². The maximum absolute atomic E-state index is 9.81. The van der Waals surface area contributed by atoms with Gasteiger partial charge in [0.05, 0.1) is 0 Å². The highest BCUT2D eigenvalue weighted by molar-refractivity contribution is 8.16. The number of hydrogen-bond donors (Lipinski definition) is 3. The first-order valence-electron chi connectivity index (χ1n) is 1.66. The number of thiol groups is 2. The Morgan fingerprint density at radius 1 is 1.11 bits per heavy atom. The van der Waals surface area contributed by atoms with Crippen LogP contribution in [0.3, 0.4) is 0 Å². The molecule has 54 valence electrons. The highest BCUT2D eigenvalue weighted by Crippen LogP contribution is 1.74. The Balaban J connectivity index is 4.82. The van der Waals surface area contributed by atoms with Gasteiger partial charge in [0.1, 0.15) is 0 Å². The van der Waals surface area contributed by atoms with E-state index >= 15 is 0 Å². The lowest BCUT2D eigenvalue weighted by atomic mass is 11.7. The highest BCUT2D eigenvalue weighted by atomic mass is 32.2. The van der Waals surface area contributed by atoms with Crippen molar-refractivity contribution >= 4 is 25.8 Å². The molecule has 8 heteroatoms. The zero-order valence-corrected chi connectivity index (χ0v) is 5.84. The van der Waals surface area contributed by atoms with Gasteiger partial charge in [-0.05, 0) is 0 Å². The lowest BCUT2D eigenvalue weighted by molar-refractivity contribution is 0.620. The van der Waals surface area contributed by atoms with Crippen molar-refractivity contribution in [1.29, 1.82) is 0 Å². The summed E-state index contributed by atoms with van der Waals surface area (Å²) in [4.78, 5) is 0. The Morgan fingerprint density at radius 2 is 1.44 bits per heavy atom. The van der Waals surface area contributed by atoms with Crippen molar-refractivity contribution in [3.63, 3.8) is 0 Å². The molecule has 0 aromatic heterocycles. The van der Waals surface area contributed by atoms with Gasteiger partial charge in [0.15, 0.2) is 21.4 Å². The zero-order chi connectivity index (χ0) is 7.44. The molecule has 0 unspecified atom stereocenters. The SMILES string of the molecule is NN=C([SH](=O)=O)[SH](=O)=O. The Hall–Kier alpha value is -0.630. The van der Waals surface area contributed by atoms with E-state index in [2.05, 4.69) is 10.9 Å². The Labute approximate surface area is 54.3 Å². The first-order chi connectivity index (χ1) is 4.09. The molecule has 0 rings (SSSR count). The monoisotopic (exact) mass is 172 g/mol. The van der Waals surface area contributed by atoms with Gasteiger partial charge in [0.25, 0.3) is 4.38 Å². The van der Waals surface area contributed by atoms with E-state index in [1.165, 1.54) is 0 Å². The molecular weight excluding hydrogens is 168 g/mol. The number of nitrogens with zero attached hydrogens (tertiary/aromatic N) is 1. The molecular formula is CH4N2O4S2. The number of rotatable bonds is 0. The molecule has 0 aromatic carbocycles. The molecule has 0 radical (unpaired) electrons. The summed E-state index contributed by atoms with van der Waals surface area (Å²) in [5.41, 5.74) is 0. The zero-order valence-electron chi connectivity index (χ0n) is 4.05. The van der Waals surface area contributed by atoms with Crippen molar-refractivity contribution in [3.05, 3.63) is 0 Å². The molecule has 0 atom stereocenters. The van der Waals surface area contributed by atoms with Crippen LogP contribution in [-0.2, 0) is 21.4 Å². The molecule has 0 spiro atoms. The van der Waals surface area contributed by atoms with Crippen molar-refractivity contribution in [1.82, 2.24) is 0 Å². The van der Waals surface area contributed by atoms with E-state index in [0.717, 1.165) is 0 Å². The van der Waals surface area contributed by atoms with Gasteiger partial charge in [-0.15, -0.1) is 0 Å². The van der Waals surface area contributed by atoms with Crippen molar-refractivity contribution < 1.29 is 16.8 Å². The second-order valence-electron chi connectivity index (χ2n) is 0.943. The molecule has 0 fully saturated rings. The van der Waals surface area contributed by atoms with Gasteiger partial charge in [-0.2, -0.15) is 5.10 Å². The summed E-state index contributed by atoms with van der Waals surface area (Å²) in [6, 6.07) is 0. The van der Waals surface area contributed by atoms with Gasteiger partial charge in [0, 0.05) is 0 Å². The third kappa shape index (κ3) is 2.42. The third-order valence-electron chi connectivity index (χ3n) is 0.442. The van der Waals surface area contributed by atoms with Gasteiger partial charge >= 0.3 is 0 Å². The Morgan fingerprint density at radius 3 is 1.44 bits per heavy atom. The van der Waals surface area contributed by atoms with E-state index in [9.17, 15) is 16.8 Å². The Bertz CT molecular complexity index is 220. The van der Waals surface area contributed by atoms with Crippen molar-refractivity contribution in [2.45, 2.75) is 0 Å². The van der Waals surface area contributed by atoms with Crippen LogP contribution in [-0.4, -0.2) is 21.2 Å². The maximum Gasteiger partial charge on any atom is 0.260 e. The van der Waals surface area contributed by atoms with Gasteiger partial charge in [-0.25, -0.2) is 16.8 Å². The van der Waals surface area contributed by atoms with Crippen LogP contribution in [0.5, 0.6) is 0 Å². The summed E-state index contributed by atoms with van der Waals surface area (Å²) in [5.74, 6) is 4.39. The fourth-order valence-corrected chi connectivity index (χ4v) is 0.883. The largest absolute Gasteiger partial charge is 0.321 e. The quantitative estimate of drug-likeness (QED) is 0.122. The molecule has 0 aliphatic rings. The van der Waals surface area contributed by atoms with E-state index in [-0.39, 0.29) is 0 Å². The smallest absolute Gasteiger partial charge is 0.260 e. The van der Waals surface area contributed by atoms with Crippen molar-refractivity contribution in [2.75, 3.05) is 0 Å². The second-order valence-corrected chi connectivity index (χ2v) is 3.17. The Kier molecular flexibility index (Phi) is 3.17. The van der Waals surface area contributed by atoms with E-state index in [1.807, 2.05) is 0 Å². The minimum Gasteiger partial charge on any atom is -0.321 e. The summed E-state index contributed by atoms with van der Waals surface area (Å²) in [7, 11) is -6.35. The summed E-state index contributed by atoms with van der Waals surface area (Å²) >= 11 is 0. The average molecular weight is 172 g/mol. The van der Waals surface area contributed by atoms with Crippen molar-refractivity contribution in [3.8, 4) is 0 Å². The predicted molar refractivity (Wildman–Crippen MR) is 32.3 cm³/mol. The summed E-state index contributed by atoms with van der Waals surface area (Å²) in [6.45, 7) is 0. The minimum absolute atomic E-state index is 1.000. The van der Waals surface area contributed by atoms with E-state index < -0.39 is 25.8 Å². The summed E-state index contributed by atoms with van der Waals surface area (Å²) in [6.07, 6.45) is 0. The van der Waals surface area contributed by atoms with Crippen LogP contribution >= 0.6 is 0 Å². The van der Waals surface area contributed by atoms with Crippen LogP contribution in [0.2, 0.25) is 0 Å². The van der Waals surface area contributed by atoms with Crippen LogP contribution in [0.4, 0.5) is 0 Å². The van der Waals surface area contributed by atoms with Crippen LogP contribution < -0.4 is 5.84 Å². The fraction of sp³-hybridized carbons (Fsp3) is 0. The van der Waals surface area contributed by atoms with E-state index in [1.54, 1.807) is 0 Å². The first kappa shape index (κ1) is 8.37. The van der Waals surface area contributed by atoms with Crippen LogP contribution in [0, 0.1) is 0 Å². The highest BCUT2D eigenvalue weighted by Gasteiger charge is 2.01. The summed E-state index contributed by atoms with van der Waals surface area (Å²) < 4.78 is 38.3. The molecule has 0 amide bonds. The predicted octanol–water partition coefficient (Wildman–Crippen LogP) is -2.56. The van der Waals surface area contributed by atoms with Crippen LogP contribution in [0.25, 0.3) is 0 Å². The molecule has 0 aliphatic carbocycles. The van der Waals surface area contributed by atoms with Crippen LogP contribution in [0.15, 0.2) is 5.10 Å². The van der Waals surface area contributed by atoms with Crippen LogP contribution in [0.1, 0.15) is 0 Å². The molecule has 2 N–H and O–H groups in total. The maximum atomic E-state index is 9.81. The third-order valence-corrected chi connectivity index (χ3v) is 2.31. The van der Waals surface area contributed by atoms with Gasteiger partial charge < -0.3 is 5.84 Å². The number of hydrogen-bond acceptors (Lipinski definition) is 6. The normalized spacial score (nSPS) is 10.0. The molecule has 0 heterocycles. The fourth-order valence-electron chi connectivity index (χ4n) is 0.161. The van der Waals surface area contributed by atoms with Gasteiger partial charge in [-0.3, -0.25) is 0 Å². The van der Waals surface area contributed by atoms with E-state index in [0.29, 0.717) is 0 Å². The summed E-state index contributed by atoms with van der Waals surface area (Å²) in [5, 5.41) is 2.51. The minimum atomic E-state index is -3.17. The topological polar surface area (TPSA) is 107 Å². The second kappa shape index (κ2) is 3.41. The molecule has 6 nitrogen and oxygen atoms in total. The molecule has 0 saturated heterocycles.